The van der Waals surface area contributed by atoms with E-state index >= 15 is 0 Å². The van der Waals surface area contributed by atoms with E-state index in [2.05, 4.69) is 263 Å². The summed E-state index contributed by atoms with van der Waals surface area (Å²) < 4.78 is 9.63. The number of rotatable bonds is 8. The molecule has 9 rings (SSSR count). The van der Waals surface area contributed by atoms with Gasteiger partial charge in [-0.15, -0.1) is 0 Å². The molecule has 0 aliphatic carbocycles. The van der Waals surface area contributed by atoms with E-state index in [9.17, 15) is 0 Å². The Morgan fingerprint density at radius 3 is 1.74 bits per heavy atom. The molecule has 1 aliphatic heterocycles. The Balaban J connectivity index is 1.21. The Bertz CT molecular complexity index is 3180. The Kier molecular flexibility index (Phi) is 11.5. The molecule has 5 heteroatoms. The Morgan fingerprint density at radius 1 is 0.471 bits per heavy atom. The van der Waals surface area contributed by atoms with Crippen LogP contribution in [0.2, 0.25) is 0 Å². The minimum atomic E-state index is -0.370. The molecular formula is C63H70N4O. The molecule has 1 aliphatic rings. The van der Waals surface area contributed by atoms with E-state index in [0.717, 1.165) is 34.0 Å². The number of anilines is 2. The highest BCUT2D eigenvalue weighted by Gasteiger charge is 2.34. The van der Waals surface area contributed by atoms with Gasteiger partial charge in [0.2, 0.25) is 0 Å². The van der Waals surface area contributed by atoms with Crippen LogP contribution in [0.15, 0.2) is 164 Å². The predicted octanol–water partition coefficient (Wildman–Crippen LogP) is 17.0. The first-order chi connectivity index (χ1) is 32.0. The van der Waals surface area contributed by atoms with Gasteiger partial charge in [-0.05, 0) is 104 Å². The molecule has 8 aromatic rings. The lowest BCUT2D eigenvalue weighted by molar-refractivity contribution is 0.477. The number of benzene rings is 6. The van der Waals surface area contributed by atoms with Crippen molar-refractivity contribution in [3.63, 3.8) is 0 Å². The molecule has 348 valence electrons. The summed E-state index contributed by atoms with van der Waals surface area (Å²) >= 11 is 0. The minimum Gasteiger partial charge on any atom is -0.457 e. The minimum absolute atomic E-state index is 0.0294. The average Bonchev–Trinajstić information content (AvgIpc) is 3.90. The summed E-state index contributed by atoms with van der Waals surface area (Å²) in [6.07, 6.45) is 4.31. The van der Waals surface area contributed by atoms with Crippen LogP contribution in [-0.2, 0) is 21.7 Å². The zero-order valence-electron chi connectivity index (χ0n) is 42.9. The molecule has 0 radical (unpaired) electrons. The van der Waals surface area contributed by atoms with Gasteiger partial charge in [-0.1, -0.05) is 182 Å². The number of pyridine rings is 1. The third kappa shape index (κ3) is 8.96. The van der Waals surface area contributed by atoms with Crippen LogP contribution in [0.1, 0.15) is 125 Å². The Hall–Kier alpha value is -6.59. The zero-order chi connectivity index (χ0) is 48.6. The highest BCUT2D eigenvalue weighted by molar-refractivity contribution is 6.11. The van der Waals surface area contributed by atoms with Gasteiger partial charge < -0.3 is 14.5 Å². The van der Waals surface area contributed by atoms with Crippen LogP contribution >= 0.6 is 0 Å². The first kappa shape index (κ1) is 46.5. The molecule has 6 aromatic carbocycles. The molecule has 2 aromatic heterocycles. The van der Waals surface area contributed by atoms with Crippen molar-refractivity contribution in [3.8, 4) is 28.4 Å². The largest absolute Gasteiger partial charge is 0.457 e. The van der Waals surface area contributed by atoms with Crippen molar-refractivity contribution >= 4 is 33.2 Å². The predicted molar refractivity (Wildman–Crippen MR) is 289 cm³/mol. The van der Waals surface area contributed by atoms with Crippen LogP contribution in [0.5, 0.6) is 11.5 Å². The SMILES string of the molecule is CC(C)(C)C1=CN(c2cc(Oc3cc(C(C)(C)c4ccccc4)c4c5ccccc5n(-c5cc(C(C)(C)C)ccn5)c4c3)cc(C(C)(C)C)c2)CN1c1cc(-c2ccccc2)cc(C(C)(C)C)c1. The summed E-state index contributed by atoms with van der Waals surface area (Å²) in [5, 5.41) is 2.40. The lowest BCUT2D eigenvalue weighted by Gasteiger charge is -2.32. The number of para-hydroxylation sites is 1. The van der Waals surface area contributed by atoms with Gasteiger partial charge in [0.25, 0.3) is 0 Å². The molecule has 0 bridgehead atoms. The molecule has 5 nitrogen and oxygen atoms in total. The summed E-state index contributed by atoms with van der Waals surface area (Å²) in [6, 6.07) is 53.3. The molecule has 0 N–H and O–H groups in total. The fourth-order valence-electron chi connectivity index (χ4n) is 9.72. The second-order valence-electron chi connectivity index (χ2n) is 23.6. The van der Waals surface area contributed by atoms with Crippen molar-refractivity contribution in [3.05, 3.63) is 192 Å². The lowest BCUT2D eigenvalue weighted by atomic mass is 9.76. The van der Waals surface area contributed by atoms with Crippen LogP contribution < -0.4 is 14.5 Å². The number of hydrogen-bond acceptors (Lipinski definition) is 4. The van der Waals surface area contributed by atoms with Crippen molar-refractivity contribution in [1.82, 2.24) is 9.55 Å². The quantitative estimate of drug-likeness (QED) is 0.152. The summed E-state index contributed by atoms with van der Waals surface area (Å²) in [5.41, 5.74) is 13.7. The van der Waals surface area contributed by atoms with Crippen LogP contribution in [0, 0.1) is 5.41 Å². The second-order valence-corrected chi connectivity index (χ2v) is 23.6. The zero-order valence-corrected chi connectivity index (χ0v) is 42.9. The van der Waals surface area contributed by atoms with Gasteiger partial charge >= 0.3 is 0 Å². The van der Waals surface area contributed by atoms with E-state index in [1.807, 2.05) is 6.20 Å². The van der Waals surface area contributed by atoms with Crippen LogP contribution in [-0.4, -0.2) is 16.2 Å². The number of aromatic nitrogens is 2. The third-order valence-electron chi connectivity index (χ3n) is 13.9. The molecule has 0 amide bonds. The molecule has 0 unspecified atom stereocenters. The van der Waals surface area contributed by atoms with Gasteiger partial charge in [-0.2, -0.15) is 0 Å². The Labute approximate surface area is 406 Å². The normalized spacial score (nSPS) is 14.0. The third-order valence-corrected chi connectivity index (χ3v) is 13.9. The van der Waals surface area contributed by atoms with E-state index in [1.165, 1.54) is 61.1 Å². The average molecular weight is 899 g/mol. The van der Waals surface area contributed by atoms with Gasteiger partial charge in [-0.25, -0.2) is 4.98 Å². The number of nitrogens with zero attached hydrogens (tertiary/aromatic N) is 4. The fourth-order valence-corrected chi connectivity index (χ4v) is 9.72. The lowest BCUT2D eigenvalue weighted by Crippen LogP contribution is -2.31. The maximum atomic E-state index is 7.29. The van der Waals surface area contributed by atoms with E-state index in [4.69, 9.17) is 9.72 Å². The molecule has 3 heterocycles. The molecular weight excluding hydrogens is 829 g/mol. The standard InChI is InChI=1S/C63H70N4O/c1-59(2,3)45-29-30-64-57(36-45)67-54-28-22-21-27-52(54)58-53(63(13,14)44-25-19-16-20-26-44)38-51(39-55(58)67)68-50-35-47(61(7,8)9)33-48(37-50)65-40-56(62(10,11)12)66(41-65)49-32-43(42-23-17-15-18-24-42)31-46(34-49)60(4,5)6/h15-40H,41H2,1-14H3. The highest BCUT2D eigenvalue weighted by Crippen LogP contribution is 2.47. The first-order valence-corrected chi connectivity index (χ1v) is 24.4. The molecule has 68 heavy (non-hydrogen) atoms. The number of hydrogen-bond donors (Lipinski definition) is 0. The second kappa shape index (κ2) is 16.9. The van der Waals surface area contributed by atoms with Crippen LogP contribution in [0.25, 0.3) is 38.8 Å². The van der Waals surface area contributed by atoms with Crippen molar-refractivity contribution < 1.29 is 4.74 Å². The molecule has 0 atom stereocenters. The molecule has 0 saturated carbocycles. The summed E-state index contributed by atoms with van der Waals surface area (Å²) in [4.78, 5) is 9.97. The maximum absolute atomic E-state index is 7.29. The fraction of sp³-hybridized carbons (Fsp3) is 0.317. The first-order valence-electron chi connectivity index (χ1n) is 24.4. The number of fused-ring (bicyclic) bond motifs is 3. The van der Waals surface area contributed by atoms with E-state index in [0.29, 0.717) is 6.67 Å². The van der Waals surface area contributed by atoms with Crippen molar-refractivity contribution in [1.29, 1.82) is 0 Å². The van der Waals surface area contributed by atoms with Gasteiger partial charge in [0.15, 0.2) is 0 Å². The van der Waals surface area contributed by atoms with Gasteiger partial charge in [0.1, 0.15) is 17.3 Å². The molecule has 0 fully saturated rings. The van der Waals surface area contributed by atoms with Gasteiger partial charge in [0.05, 0.1) is 17.7 Å². The Morgan fingerprint density at radius 2 is 1.07 bits per heavy atom. The van der Waals surface area contributed by atoms with Crippen molar-refractivity contribution in [2.45, 2.75) is 119 Å². The number of ether oxygens (including phenoxy) is 1. The van der Waals surface area contributed by atoms with Gasteiger partial charge in [-0.3, -0.25) is 4.57 Å². The highest BCUT2D eigenvalue weighted by atomic mass is 16.5. The van der Waals surface area contributed by atoms with E-state index < -0.39 is 0 Å². The monoisotopic (exact) mass is 899 g/mol. The van der Waals surface area contributed by atoms with Gasteiger partial charge in [0, 0.05) is 63.2 Å². The summed E-state index contributed by atoms with van der Waals surface area (Å²) in [7, 11) is 0. The smallest absolute Gasteiger partial charge is 0.137 e. The van der Waals surface area contributed by atoms with E-state index in [1.54, 1.807) is 0 Å². The van der Waals surface area contributed by atoms with Crippen molar-refractivity contribution in [2.75, 3.05) is 16.5 Å². The maximum Gasteiger partial charge on any atom is 0.137 e. The van der Waals surface area contributed by atoms with Crippen molar-refractivity contribution in [2.24, 2.45) is 5.41 Å². The molecule has 0 saturated heterocycles. The summed E-state index contributed by atoms with van der Waals surface area (Å²) in [5.74, 6) is 2.48. The molecule has 0 spiro atoms. The topological polar surface area (TPSA) is 33.5 Å². The number of allylic oxidation sites excluding steroid dienone is 1. The van der Waals surface area contributed by atoms with Crippen LogP contribution in [0.3, 0.4) is 0 Å². The van der Waals surface area contributed by atoms with Crippen LogP contribution in [0.4, 0.5) is 11.4 Å². The van der Waals surface area contributed by atoms with E-state index in [-0.39, 0.29) is 27.1 Å². The summed E-state index contributed by atoms with van der Waals surface area (Å²) in [6.45, 7) is 32.9.